The number of amides is 2. The van der Waals surface area contributed by atoms with Gasteiger partial charge in [0.15, 0.2) is 5.82 Å². The molecular formula is C16H21N5O3. The van der Waals surface area contributed by atoms with Gasteiger partial charge in [0, 0.05) is 18.5 Å². The van der Waals surface area contributed by atoms with Gasteiger partial charge in [0.2, 0.25) is 11.8 Å². The van der Waals surface area contributed by atoms with E-state index in [0.29, 0.717) is 42.3 Å². The highest BCUT2D eigenvalue weighted by Gasteiger charge is 2.26. The lowest BCUT2D eigenvalue weighted by molar-refractivity contribution is 0.210. The Morgan fingerprint density at radius 3 is 2.88 bits per heavy atom. The van der Waals surface area contributed by atoms with Gasteiger partial charge in [0.05, 0.1) is 25.5 Å². The van der Waals surface area contributed by atoms with Gasteiger partial charge in [-0.25, -0.2) is 9.78 Å². The first kappa shape index (κ1) is 16.2. The summed E-state index contributed by atoms with van der Waals surface area (Å²) < 4.78 is 10.3. The van der Waals surface area contributed by atoms with Crippen LogP contribution in [0.4, 0.5) is 10.5 Å². The number of nitrogens with one attached hydrogen (secondary N) is 1. The lowest BCUT2D eigenvalue weighted by atomic mass is 9.85. The first-order valence-corrected chi connectivity index (χ1v) is 8.08. The Morgan fingerprint density at radius 2 is 2.29 bits per heavy atom. The fourth-order valence-electron chi connectivity index (χ4n) is 2.43. The second-order valence-electron chi connectivity index (χ2n) is 5.71. The van der Waals surface area contributed by atoms with E-state index in [2.05, 4.69) is 20.4 Å². The second kappa shape index (κ2) is 7.29. The minimum Gasteiger partial charge on any atom is -0.481 e. The summed E-state index contributed by atoms with van der Waals surface area (Å²) in [5.41, 5.74) is 0.600. The summed E-state index contributed by atoms with van der Waals surface area (Å²) in [5.74, 6) is 2.10. The normalized spacial score (nSPS) is 14.1. The largest absolute Gasteiger partial charge is 0.481 e. The molecule has 1 fully saturated rings. The van der Waals surface area contributed by atoms with E-state index in [9.17, 15) is 4.79 Å². The molecule has 2 aromatic rings. The van der Waals surface area contributed by atoms with Gasteiger partial charge < -0.3 is 19.5 Å². The van der Waals surface area contributed by atoms with Crippen LogP contribution in [0.25, 0.3) is 0 Å². The molecule has 0 unspecified atom stereocenters. The summed E-state index contributed by atoms with van der Waals surface area (Å²) >= 11 is 0. The molecule has 1 aliphatic rings. The highest BCUT2D eigenvalue weighted by atomic mass is 16.5. The SMILES string of the molecule is CCN(Cc1noc(C2CCC2)n1)C(=O)Nc1ccc(OC)nc1. The lowest BCUT2D eigenvalue weighted by Gasteiger charge is -2.21. The van der Waals surface area contributed by atoms with Crippen molar-refractivity contribution in [3.8, 4) is 5.88 Å². The molecule has 1 N–H and O–H groups in total. The number of aromatic nitrogens is 3. The highest BCUT2D eigenvalue weighted by molar-refractivity contribution is 5.89. The van der Waals surface area contributed by atoms with Crippen molar-refractivity contribution in [3.05, 3.63) is 30.0 Å². The number of anilines is 1. The lowest BCUT2D eigenvalue weighted by Crippen LogP contribution is -2.34. The fourth-order valence-corrected chi connectivity index (χ4v) is 2.43. The molecule has 1 saturated carbocycles. The third kappa shape index (κ3) is 3.64. The van der Waals surface area contributed by atoms with Gasteiger partial charge >= 0.3 is 6.03 Å². The summed E-state index contributed by atoms with van der Waals surface area (Å²) in [6, 6.07) is 3.19. The van der Waals surface area contributed by atoms with E-state index >= 15 is 0 Å². The fraction of sp³-hybridized carbons (Fsp3) is 0.500. The van der Waals surface area contributed by atoms with Crippen molar-refractivity contribution in [3.63, 3.8) is 0 Å². The number of pyridine rings is 1. The average molecular weight is 331 g/mol. The molecule has 128 valence electrons. The molecule has 0 aliphatic heterocycles. The average Bonchev–Trinajstić information content (AvgIpc) is 2.99. The zero-order chi connectivity index (χ0) is 16.9. The van der Waals surface area contributed by atoms with Crippen molar-refractivity contribution >= 4 is 11.7 Å². The maximum Gasteiger partial charge on any atom is 0.322 e. The molecule has 0 spiro atoms. The number of carbonyl (C=O) groups excluding carboxylic acids is 1. The Kier molecular flexibility index (Phi) is 4.93. The van der Waals surface area contributed by atoms with Gasteiger partial charge in [-0.3, -0.25) is 0 Å². The molecule has 2 aromatic heterocycles. The number of rotatable bonds is 6. The second-order valence-corrected chi connectivity index (χ2v) is 5.71. The van der Waals surface area contributed by atoms with Crippen LogP contribution >= 0.6 is 0 Å². The Morgan fingerprint density at radius 1 is 1.46 bits per heavy atom. The molecule has 2 amide bonds. The smallest absolute Gasteiger partial charge is 0.322 e. The summed E-state index contributed by atoms with van der Waals surface area (Å²) in [5, 5.41) is 6.78. The number of urea groups is 1. The van der Waals surface area contributed by atoms with Crippen molar-refractivity contribution in [2.75, 3.05) is 19.0 Å². The van der Waals surface area contributed by atoms with E-state index < -0.39 is 0 Å². The van der Waals surface area contributed by atoms with Crippen molar-refractivity contribution in [1.29, 1.82) is 0 Å². The summed E-state index contributed by atoms with van der Waals surface area (Å²) in [6.07, 6.45) is 4.96. The van der Waals surface area contributed by atoms with Crippen LogP contribution < -0.4 is 10.1 Å². The first-order valence-electron chi connectivity index (χ1n) is 8.08. The Bertz CT molecular complexity index is 681. The molecule has 1 aliphatic carbocycles. The van der Waals surface area contributed by atoms with Crippen LogP contribution in [0.5, 0.6) is 5.88 Å². The van der Waals surface area contributed by atoms with E-state index in [-0.39, 0.29) is 6.03 Å². The summed E-state index contributed by atoms with van der Waals surface area (Å²) in [6.45, 7) is 2.74. The molecule has 24 heavy (non-hydrogen) atoms. The van der Waals surface area contributed by atoms with E-state index in [4.69, 9.17) is 9.26 Å². The van der Waals surface area contributed by atoms with Crippen LogP contribution in [0.15, 0.2) is 22.9 Å². The third-order valence-electron chi connectivity index (χ3n) is 4.14. The minimum atomic E-state index is -0.237. The summed E-state index contributed by atoms with van der Waals surface area (Å²) in [4.78, 5) is 22.5. The molecule has 0 bridgehead atoms. The molecular weight excluding hydrogens is 310 g/mol. The van der Waals surface area contributed by atoms with Gasteiger partial charge in [-0.15, -0.1) is 0 Å². The Hall–Kier alpha value is -2.64. The molecule has 8 heteroatoms. The zero-order valence-corrected chi connectivity index (χ0v) is 13.9. The number of ether oxygens (including phenoxy) is 1. The van der Waals surface area contributed by atoms with Gasteiger partial charge in [-0.1, -0.05) is 11.6 Å². The van der Waals surface area contributed by atoms with Gasteiger partial charge in [-0.2, -0.15) is 4.98 Å². The van der Waals surface area contributed by atoms with Crippen molar-refractivity contribution in [2.24, 2.45) is 0 Å². The van der Waals surface area contributed by atoms with Gasteiger partial charge in [0.1, 0.15) is 0 Å². The van der Waals surface area contributed by atoms with Crippen molar-refractivity contribution in [2.45, 2.75) is 38.6 Å². The molecule has 0 atom stereocenters. The standard InChI is InChI=1S/C16H21N5O3/c1-3-21(10-13-19-15(24-20-13)11-5-4-6-11)16(22)18-12-7-8-14(23-2)17-9-12/h7-9,11H,3-6,10H2,1-2H3,(H,18,22). The highest BCUT2D eigenvalue weighted by Crippen LogP contribution is 2.35. The topological polar surface area (TPSA) is 93.4 Å². The number of hydrogen-bond donors (Lipinski definition) is 1. The van der Waals surface area contributed by atoms with E-state index in [0.717, 1.165) is 12.8 Å². The molecule has 0 radical (unpaired) electrons. The van der Waals surface area contributed by atoms with E-state index in [1.54, 1.807) is 30.3 Å². The monoisotopic (exact) mass is 331 g/mol. The van der Waals surface area contributed by atoms with Crippen molar-refractivity contribution in [1.82, 2.24) is 20.0 Å². The van der Waals surface area contributed by atoms with E-state index in [1.807, 2.05) is 6.92 Å². The Labute approximate surface area is 140 Å². The van der Waals surface area contributed by atoms with Crippen LogP contribution in [0, 0.1) is 0 Å². The van der Waals surface area contributed by atoms with Crippen molar-refractivity contribution < 1.29 is 14.1 Å². The predicted molar refractivity (Wildman–Crippen MR) is 86.8 cm³/mol. The number of methoxy groups -OCH3 is 1. The first-order chi connectivity index (χ1) is 11.7. The quantitative estimate of drug-likeness (QED) is 0.875. The van der Waals surface area contributed by atoms with Gasteiger partial charge in [-0.05, 0) is 25.8 Å². The van der Waals surface area contributed by atoms with E-state index in [1.165, 1.54) is 6.42 Å². The third-order valence-corrected chi connectivity index (χ3v) is 4.14. The number of carbonyl (C=O) groups is 1. The van der Waals surface area contributed by atoms with Crippen LogP contribution in [0.2, 0.25) is 0 Å². The van der Waals surface area contributed by atoms with Crippen LogP contribution in [0.3, 0.4) is 0 Å². The molecule has 0 aromatic carbocycles. The molecule has 3 rings (SSSR count). The zero-order valence-electron chi connectivity index (χ0n) is 13.9. The maximum atomic E-state index is 12.4. The molecule has 8 nitrogen and oxygen atoms in total. The van der Waals surface area contributed by atoms with Gasteiger partial charge in [0.25, 0.3) is 0 Å². The van der Waals surface area contributed by atoms with Crippen LogP contribution in [-0.2, 0) is 6.54 Å². The van der Waals surface area contributed by atoms with Crippen LogP contribution in [-0.4, -0.2) is 39.7 Å². The number of nitrogens with zero attached hydrogens (tertiary/aromatic N) is 4. The Balaban J connectivity index is 1.59. The molecule has 2 heterocycles. The van der Waals surface area contributed by atoms with Crippen LogP contribution in [0.1, 0.15) is 43.8 Å². The number of hydrogen-bond acceptors (Lipinski definition) is 6. The maximum absolute atomic E-state index is 12.4. The summed E-state index contributed by atoms with van der Waals surface area (Å²) in [7, 11) is 1.54. The minimum absolute atomic E-state index is 0.237. The predicted octanol–water partition coefficient (Wildman–Crippen LogP) is 2.79. The molecule has 0 saturated heterocycles.